The molecule has 0 radical (unpaired) electrons. The van der Waals surface area contributed by atoms with E-state index in [9.17, 15) is 13.2 Å². The Morgan fingerprint density at radius 3 is 2.57 bits per heavy atom. The van der Waals surface area contributed by atoms with Crippen LogP contribution in [-0.2, 0) is 9.47 Å². The molecule has 2 unspecified atom stereocenters. The highest BCUT2D eigenvalue weighted by atomic mass is 19.3. The zero-order valence-electron chi connectivity index (χ0n) is 8.10. The largest absolute Gasteiger partial charge is 0.501 e. The monoisotopic (exact) mass is 210 g/mol. The molecule has 1 saturated heterocycles. The molecule has 5 heteroatoms. The van der Waals surface area contributed by atoms with Crippen LogP contribution in [0, 0.1) is 0 Å². The summed E-state index contributed by atoms with van der Waals surface area (Å²) in [6.45, 7) is 3.76. The number of hydrogen-bond donors (Lipinski definition) is 0. The third kappa shape index (κ3) is 2.41. The van der Waals surface area contributed by atoms with E-state index in [1.807, 2.05) is 13.8 Å². The molecule has 2 nitrogen and oxygen atoms in total. The highest BCUT2D eigenvalue weighted by molar-refractivity contribution is 4.91. The lowest BCUT2D eigenvalue weighted by Crippen LogP contribution is -2.57. The zero-order chi connectivity index (χ0) is 10.8. The molecular formula is C9H13F3O2. The molecule has 1 aliphatic heterocycles. The second-order valence-electron chi connectivity index (χ2n) is 3.47. The van der Waals surface area contributed by atoms with Crippen molar-refractivity contribution in [1.82, 2.24) is 0 Å². The molecule has 1 fully saturated rings. The van der Waals surface area contributed by atoms with Crippen molar-refractivity contribution >= 4 is 0 Å². The maximum Gasteiger partial charge on any atom is 0.328 e. The molecule has 14 heavy (non-hydrogen) atoms. The van der Waals surface area contributed by atoms with Crippen molar-refractivity contribution < 1.29 is 22.6 Å². The first kappa shape index (κ1) is 11.4. The summed E-state index contributed by atoms with van der Waals surface area (Å²) < 4.78 is 46.6. The van der Waals surface area contributed by atoms with Gasteiger partial charge in [-0.05, 0) is 19.4 Å². The van der Waals surface area contributed by atoms with Gasteiger partial charge in [-0.25, -0.2) is 4.39 Å². The van der Waals surface area contributed by atoms with Gasteiger partial charge < -0.3 is 9.47 Å². The van der Waals surface area contributed by atoms with Crippen LogP contribution in [0.25, 0.3) is 0 Å². The van der Waals surface area contributed by atoms with Gasteiger partial charge >= 0.3 is 5.92 Å². The Balaban J connectivity index is 2.18. The fraction of sp³-hybridized carbons (Fsp3) is 0.778. The number of ether oxygens (including phenoxy) is 2. The van der Waals surface area contributed by atoms with Crippen LogP contribution in [0.1, 0.15) is 20.3 Å². The Bertz CT molecular complexity index is 224. The minimum Gasteiger partial charge on any atom is -0.501 e. The van der Waals surface area contributed by atoms with Gasteiger partial charge in [-0.15, -0.1) is 0 Å². The normalized spacial score (nSPS) is 29.2. The lowest BCUT2D eigenvalue weighted by atomic mass is 10.1. The molecule has 0 aromatic carbocycles. The Morgan fingerprint density at radius 1 is 1.50 bits per heavy atom. The Hall–Kier alpha value is -0.710. The van der Waals surface area contributed by atoms with Gasteiger partial charge in [0.15, 0.2) is 0 Å². The van der Waals surface area contributed by atoms with Crippen molar-refractivity contribution in [2.75, 3.05) is 6.61 Å². The Kier molecular flexibility index (Phi) is 3.42. The highest BCUT2D eigenvalue weighted by Gasteiger charge is 2.60. The molecule has 0 aromatic heterocycles. The maximum absolute atomic E-state index is 12.6. The lowest BCUT2D eigenvalue weighted by molar-refractivity contribution is -0.360. The summed E-state index contributed by atoms with van der Waals surface area (Å²) in [6, 6.07) is 0. The SMILES string of the molecule is CC(C)=COCCC1OC(F)C1(F)F. The number of hydrogen-bond acceptors (Lipinski definition) is 2. The predicted molar refractivity (Wildman–Crippen MR) is 44.7 cm³/mol. The van der Waals surface area contributed by atoms with Crippen LogP contribution in [0.3, 0.4) is 0 Å². The third-order valence-corrected chi connectivity index (χ3v) is 1.83. The molecule has 82 valence electrons. The molecule has 0 aliphatic carbocycles. The van der Waals surface area contributed by atoms with Crippen molar-refractivity contribution in [2.24, 2.45) is 0 Å². The molecule has 2 atom stereocenters. The van der Waals surface area contributed by atoms with E-state index in [2.05, 4.69) is 4.74 Å². The smallest absolute Gasteiger partial charge is 0.328 e. The van der Waals surface area contributed by atoms with E-state index in [0.717, 1.165) is 5.57 Å². The fourth-order valence-electron chi connectivity index (χ4n) is 1.06. The Labute approximate surface area is 80.7 Å². The molecule has 0 bridgehead atoms. The standard InChI is InChI=1S/C9H13F3O2/c1-6(2)5-13-4-3-7-9(11,12)8(10)14-7/h5,7-8H,3-4H2,1-2H3. The minimum atomic E-state index is -3.35. The molecule has 0 N–H and O–H groups in total. The molecule has 1 heterocycles. The van der Waals surface area contributed by atoms with Crippen LogP contribution in [0.15, 0.2) is 11.8 Å². The first-order valence-corrected chi connectivity index (χ1v) is 4.37. The van der Waals surface area contributed by atoms with Crippen molar-refractivity contribution in [3.05, 3.63) is 11.8 Å². The van der Waals surface area contributed by atoms with E-state index < -0.39 is 18.4 Å². The lowest BCUT2D eigenvalue weighted by Gasteiger charge is -2.39. The fourth-order valence-corrected chi connectivity index (χ4v) is 1.06. The second kappa shape index (κ2) is 4.21. The number of alkyl halides is 3. The van der Waals surface area contributed by atoms with Crippen molar-refractivity contribution in [3.63, 3.8) is 0 Å². The van der Waals surface area contributed by atoms with Crippen LogP contribution >= 0.6 is 0 Å². The Morgan fingerprint density at radius 2 is 2.14 bits per heavy atom. The van der Waals surface area contributed by atoms with Gasteiger partial charge in [0.2, 0.25) is 0 Å². The summed E-state index contributed by atoms with van der Waals surface area (Å²) >= 11 is 0. The van der Waals surface area contributed by atoms with Crippen LogP contribution in [0.4, 0.5) is 13.2 Å². The molecule has 0 saturated carbocycles. The average Bonchev–Trinajstić information content (AvgIpc) is 2.10. The number of allylic oxidation sites excluding steroid dienone is 1. The molecule has 0 spiro atoms. The molecule has 1 rings (SSSR count). The average molecular weight is 210 g/mol. The molecular weight excluding hydrogens is 197 g/mol. The van der Waals surface area contributed by atoms with E-state index in [4.69, 9.17) is 4.74 Å². The third-order valence-electron chi connectivity index (χ3n) is 1.83. The van der Waals surface area contributed by atoms with Gasteiger partial charge in [0, 0.05) is 6.42 Å². The molecule has 0 amide bonds. The topological polar surface area (TPSA) is 18.5 Å². The van der Waals surface area contributed by atoms with Gasteiger partial charge in [-0.2, -0.15) is 8.78 Å². The maximum atomic E-state index is 12.6. The summed E-state index contributed by atoms with van der Waals surface area (Å²) in [7, 11) is 0. The van der Waals surface area contributed by atoms with E-state index in [0.29, 0.717) is 0 Å². The summed E-state index contributed by atoms with van der Waals surface area (Å²) in [5.41, 5.74) is 0.939. The quantitative estimate of drug-likeness (QED) is 0.524. The van der Waals surface area contributed by atoms with E-state index in [-0.39, 0.29) is 13.0 Å². The van der Waals surface area contributed by atoms with Gasteiger partial charge in [0.1, 0.15) is 6.10 Å². The predicted octanol–water partition coefficient (Wildman–Crippen LogP) is 2.65. The van der Waals surface area contributed by atoms with Crippen LogP contribution in [0.2, 0.25) is 0 Å². The summed E-state index contributed by atoms with van der Waals surface area (Å²) in [5, 5.41) is 0. The zero-order valence-corrected chi connectivity index (χ0v) is 8.10. The number of rotatable bonds is 4. The molecule has 0 aromatic rings. The van der Waals surface area contributed by atoms with Crippen LogP contribution in [-0.4, -0.2) is 25.0 Å². The number of halogens is 3. The van der Waals surface area contributed by atoms with Crippen LogP contribution < -0.4 is 0 Å². The first-order valence-electron chi connectivity index (χ1n) is 4.37. The first-order chi connectivity index (χ1) is 6.44. The second-order valence-corrected chi connectivity index (χ2v) is 3.47. The van der Waals surface area contributed by atoms with E-state index in [1.165, 1.54) is 6.26 Å². The van der Waals surface area contributed by atoms with Gasteiger partial charge in [-0.3, -0.25) is 0 Å². The summed E-state index contributed by atoms with van der Waals surface area (Å²) in [6.07, 6.45) is -2.32. The summed E-state index contributed by atoms with van der Waals surface area (Å²) in [4.78, 5) is 0. The van der Waals surface area contributed by atoms with Gasteiger partial charge in [0.05, 0.1) is 12.9 Å². The van der Waals surface area contributed by atoms with Crippen molar-refractivity contribution in [2.45, 2.75) is 38.7 Å². The minimum absolute atomic E-state index is 0.00278. The molecule has 1 aliphatic rings. The highest BCUT2D eigenvalue weighted by Crippen LogP contribution is 2.40. The van der Waals surface area contributed by atoms with Gasteiger partial charge in [-0.1, -0.05) is 0 Å². The summed E-state index contributed by atoms with van der Waals surface area (Å²) in [5.74, 6) is -3.35. The van der Waals surface area contributed by atoms with Crippen LogP contribution in [0.5, 0.6) is 0 Å². The van der Waals surface area contributed by atoms with Crippen molar-refractivity contribution in [1.29, 1.82) is 0 Å². The van der Waals surface area contributed by atoms with Crippen molar-refractivity contribution in [3.8, 4) is 0 Å². The van der Waals surface area contributed by atoms with E-state index >= 15 is 0 Å². The van der Waals surface area contributed by atoms with Gasteiger partial charge in [0.25, 0.3) is 6.36 Å². The van der Waals surface area contributed by atoms with E-state index in [1.54, 1.807) is 0 Å².